The summed E-state index contributed by atoms with van der Waals surface area (Å²) in [7, 11) is 0. The van der Waals surface area contributed by atoms with Gasteiger partial charge in [0, 0.05) is 24.7 Å². The molecular formula is C16H15ClN4O2. The van der Waals surface area contributed by atoms with Gasteiger partial charge >= 0.3 is 0 Å². The Kier molecular flexibility index (Phi) is 4.43. The van der Waals surface area contributed by atoms with Crippen LogP contribution in [0, 0.1) is 6.92 Å². The molecule has 2 heterocycles. The summed E-state index contributed by atoms with van der Waals surface area (Å²) in [6, 6.07) is 11.0. The lowest BCUT2D eigenvalue weighted by Gasteiger charge is -2.09. The van der Waals surface area contributed by atoms with Crippen LogP contribution >= 0.6 is 11.6 Å². The van der Waals surface area contributed by atoms with Gasteiger partial charge in [-0.3, -0.25) is 4.79 Å². The van der Waals surface area contributed by atoms with Crippen LogP contribution in [0.4, 0.5) is 0 Å². The van der Waals surface area contributed by atoms with E-state index in [0.29, 0.717) is 35.5 Å². The average molecular weight is 331 g/mol. The number of aromatic nitrogens is 3. The van der Waals surface area contributed by atoms with Crippen molar-refractivity contribution in [2.24, 2.45) is 0 Å². The Morgan fingerprint density at radius 1 is 1.30 bits per heavy atom. The third-order valence-electron chi connectivity index (χ3n) is 3.34. The largest absolute Gasteiger partial charge is 0.347 e. The van der Waals surface area contributed by atoms with E-state index in [9.17, 15) is 4.79 Å². The molecule has 0 aliphatic heterocycles. The Hall–Kier alpha value is -2.60. The van der Waals surface area contributed by atoms with Gasteiger partial charge in [-0.2, -0.15) is 4.98 Å². The van der Waals surface area contributed by atoms with Gasteiger partial charge in [-0.25, -0.2) is 0 Å². The van der Waals surface area contributed by atoms with E-state index >= 15 is 0 Å². The fourth-order valence-electron chi connectivity index (χ4n) is 2.22. The van der Waals surface area contributed by atoms with E-state index in [4.69, 9.17) is 16.1 Å². The van der Waals surface area contributed by atoms with Gasteiger partial charge in [-0.1, -0.05) is 35.0 Å². The first-order valence-electron chi connectivity index (χ1n) is 7.09. The highest BCUT2D eigenvalue weighted by Crippen LogP contribution is 2.14. The zero-order valence-corrected chi connectivity index (χ0v) is 13.2. The molecule has 0 aliphatic rings. The number of aryl methyl sites for hydroxylation is 1. The number of rotatable bonds is 5. The number of carbonyl (C=O) groups is 1. The fourth-order valence-corrected chi connectivity index (χ4v) is 2.43. The molecule has 1 N–H and O–H groups in total. The predicted octanol–water partition coefficient (Wildman–Crippen LogP) is 2.81. The molecule has 1 aromatic carbocycles. The molecule has 0 saturated carbocycles. The highest BCUT2D eigenvalue weighted by Gasteiger charge is 2.13. The SMILES string of the molecule is Cc1nc(Cn2cccc2C(=O)NCc2ccccc2Cl)no1. The van der Waals surface area contributed by atoms with E-state index in [1.807, 2.05) is 18.2 Å². The maximum absolute atomic E-state index is 12.4. The molecule has 0 fully saturated rings. The van der Waals surface area contributed by atoms with E-state index in [1.165, 1.54) is 0 Å². The van der Waals surface area contributed by atoms with Crippen LogP contribution in [0.3, 0.4) is 0 Å². The topological polar surface area (TPSA) is 73.0 Å². The van der Waals surface area contributed by atoms with Gasteiger partial charge in [-0.15, -0.1) is 0 Å². The van der Waals surface area contributed by atoms with Gasteiger partial charge in [0.1, 0.15) is 5.69 Å². The Morgan fingerprint density at radius 2 is 2.13 bits per heavy atom. The second-order valence-electron chi connectivity index (χ2n) is 5.03. The van der Waals surface area contributed by atoms with Gasteiger partial charge in [0.2, 0.25) is 5.89 Å². The molecule has 0 spiro atoms. The summed E-state index contributed by atoms with van der Waals surface area (Å²) in [5.74, 6) is 0.839. The lowest BCUT2D eigenvalue weighted by molar-refractivity contribution is 0.0942. The number of hydrogen-bond acceptors (Lipinski definition) is 4. The second-order valence-corrected chi connectivity index (χ2v) is 5.43. The van der Waals surface area contributed by atoms with Crippen LogP contribution in [0.5, 0.6) is 0 Å². The lowest BCUT2D eigenvalue weighted by Crippen LogP contribution is -2.25. The number of carbonyl (C=O) groups excluding carboxylic acids is 1. The molecule has 0 unspecified atom stereocenters. The molecule has 6 nitrogen and oxygen atoms in total. The lowest BCUT2D eigenvalue weighted by atomic mass is 10.2. The van der Waals surface area contributed by atoms with Crippen molar-refractivity contribution in [1.82, 2.24) is 20.0 Å². The zero-order chi connectivity index (χ0) is 16.2. The van der Waals surface area contributed by atoms with Crippen LogP contribution in [0.25, 0.3) is 0 Å². The molecule has 118 valence electrons. The van der Waals surface area contributed by atoms with E-state index in [-0.39, 0.29) is 5.91 Å². The van der Waals surface area contributed by atoms with E-state index in [1.54, 1.807) is 35.9 Å². The predicted molar refractivity (Wildman–Crippen MR) is 85.2 cm³/mol. The van der Waals surface area contributed by atoms with Crippen molar-refractivity contribution in [3.8, 4) is 0 Å². The van der Waals surface area contributed by atoms with Gasteiger partial charge in [0.15, 0.2) is 5.82 Å². The Morgan fingerprint density at radius 3 is 2.87 bits per heavy atom. The van der Waals surface area contributed by atoms with E-state index in [0.717, 1.165) is 5.56 Å². The third kappa shape index (κ3) is 3.60. The number of nitrogens with one attached hydrogen (secondary N) is 1. The van der Waals surface area contributed by atoms with Crippen molar-refractivity contribution in [3.63, 3.8) is 0 Å². The number of amides is 1. The van der Waals surface area contributed by atoms with Gasteiger partial charge in [0.25, 0.3) is 5.91 Å². The molecule has 0 aliphatic carbocycles. The van der Waals surface area contributed by atoms with Crippen LogP contribution in [-0.2, 0) is 13.1 Å². The first kappa shape index (κ1) is 15.3. The Balaban J connectivity index is 1.68. The van der Waals surface area contributed by atoms with Crippen LogP contribution in [0.2, 0.25) is 5.02 Å². The van der Waals surface area contributed by atoms with Crippen LogP contribution in [-0.4, -0.2) is 20.6 Å². The average Bonchev–Trinajstić information content (AvgIpc) is 3.16. The van der Waals surface area contributed by atoms with Crippen LogP contribution < -0.4 is 5.32 Å². The number of hydrogen-bond donors (Lipinski definition) is 1. The van der Waals surface area contributed by atoms with E-state index in [2.05, 4.69) is 15.5 Å². The van der Waals surface area contributed by atoms with Crippen molar-refractivity contribution in [2.75, 3.05) is 0 Å². The Bertz CT molecular complexity index is 825. The van der Waals surface area contributed by atoms with E-state index < -0.39 is 0 Å². The highest BCUT2D eigenvalue weighted by atomic mass is 35.5. The minimum Gasteiger partial charge on any atom is -0.347 e. The number of benzene rings is 1. The molecule has 0 radical (unpaired) electrons. The first-order chi connectivity index (χ1) is 11.1. The maximum atomic E-state index is 12.4. The molecule has 2 aromatic heterocycles. The smallest absolute Gasteiger partial charge is 0.268 e. The first-order valence-corrected chi connectivity index (χ1v) is 7.47. The monoisotopic (exact) mass is 330 g/mol. The minimum absolute atomic E-state index is 0.185. The molecule has 3 rings (SSSR count). The molecule has 0 saturated heterocycles. The quantitative estimate of drug-likeness (QED) is 0.780. The maximum Gasteiger partial charge on any atom is 0.268 e. The summed E-state index contributed by atoms with van der Waals surface area (Å²) >= 11 is 6.09. The fraction of sp³-hybridized carbons (Fsp3) is 0.188. The number of halogens is 1. The molecule has 1 amide bonds. The van der Waals surface area contributed by atoms with Crippen molar-refractivity contribution >= 4 is 17.5 Å². The third-order valence-corrected chi connectivity index (χ3v) is 3.71. The summed E-state index contributed by atoms with van der Waals surface area (Å²) in [6.07, 6.45) is 1.80. The van der Waals surface area contributed by atoms with Crippen molar-refractivity contribution in [3.05, 3.63) is 70.6 Å². The molecule has 23 heavy (non-hydrogen) atoms. The zero-order valence-electron chi connectivity index (χ0n) is 12.5. The summed E-state index contributed by atoms with van der Waals surface area (Å²) in [6.45, 7) is 2.47. The molecule has 0 atom stereocenters. The normalized spacial score (nSPS) is 10.7. The summed E-state index contributed by atoms with van der Waals surface area (Å²) in [5.41, 5.74) is 1.40. The Labute approximate surface area is 138 Å². The van der Waals surface area contributed by atoms with Crippen LogP contribution in [0.15, 0.2) is 47.1 Å². The van der Waals surface area contributed by atoms with Crippen molar-refractivity contribution < 1.29 is 9.32 Å². The number of nitrogens with zero attached hydrogens (tertiary/aromatic N) is 3. The van der Waals surface area contributed by atoms with Crippen molar-refractivity contribution in [2.45, 2.75) is 20.0 Å². The van der Waals surface area contributed by atoms with Gasteiger partial charge < -0.3 is 14.4 Å². The van der Waals surface area contributed by atoms with Crippen molar-refractivity contribution in [1.29, 1.82) is 0 Å². The summed E-state index contributed by atoms with van der Waals surface area (Å²) < 4.78 is 6.71. The molecular weight excluding hydrogens is 316 g/mol. The summed E-state index contributed by atoms with van der Waals surface area (Å²) in [5, 5.41) is 7.34. The van der Waals surface area contributed by atoms with Crippen LogP contribution in [0.1, 0.15) is 27.8 Å². The summed E-state index contributed by atoms with van der Waals surface area (Å²) in [4.78, 5) is 16.5. The second kappa shape index (κ2) is 6.66. The molecule has 0 bridgehead atoms. The van der Waals surface area contributed by atoms with Gasteiger partial charge in [-0.05, 0) is 23.8 Å². The molecule has 3 aromatic rings. The minimum atomic E-state index is -0.185. The highest BCUT2D eigenvalue weighted by molar-refractivity contribution is 6.31. The standard InChI is InChI=1S/C16H15ClN4O2/c1-11-19-15(20-23-11)10-21-8-4-7-14(21)16(22)18-9-12-5-2-3-6-13(12)17/h2-8H,9-10H2,1H3,(H,18,22). The van der Waals surface area contributed by atoms with Gasteiger partial charge in [0.05, 0.1) is 6.54 Å². The molecule has 7 heteroatoms.